The molecule has 4 heteroatoms. The zero-order valence-corrected chi connectivity index (χ0v) is 5.76. The van der Waals surface area contributed by atoms with Crippen molar-refractivity contribution < 1.29 is 0 Å². The van der Waals surface area contributed by atoms with Gasteiger partial charge in [-0.1, -0.05) is 0 Å². The summed E-state index contributed by atoms with van der Waals surface area (Å²) in [6.07, 6.45) is 1.66. The van der Waals surface area contributed by atoms with Gasteiger partial charge in [-0.2, -0.15) is 0 Å². The van der Waals surface area contributed by atoms with Crippen molar-refractivity contribution in [2.75, 3.05) is 0 Å². The number of nitrogens with zero attached hydrogens (tertiary/aromatic N) is 2. The number of aliphatic imine (C=N–C) groups is 1. The molecule has 0 heterocycles. The third kappa shape index (κ3) is 3.52. The van der Waals surface area contributed by atoms with Crippen molar-refractivity contribution in [1.29, 1.82) is 0 Å². The highest BCUT2D eigenvalue weighted by Crippen LogP contribution is 1.89. The van der Waals surface area contributed by atoms with Gasteiger partial charge >= 0.3 is 0 Å². The van der Waals surface area contributed by atoms with Gasteiger partial charge in [0.25, 0.3) is 0 Å². The molecule has 0 amide bonds. The lowest BCUT2D eigenvalue weighted by Crippen LogP contribution is -2.07. The van der Waals surface area contributed by atoms with Gasteiger partial charge in [0.05, 0.1) is 0 Å². The number of allylic oxidation sites excluding steroid dienone is 1. The van der Waals surface area contributed by atoms with Crippen LogP contribution in [0.25, 0.3) is 0 Å². The molecule has 0 aliphatic heterocycles. The van der Waals surface area contributed by atoms with E-state index in [0.29, 0.717) is 5.84 Å². The van der Waals surface area contributed by atoms with Gasteiger partial charge in [0, 0.05) is 5.70 Å². The molecule has 0 fully saturated rings. The van der Waals surface area contributed by atoms with E-state index in [1.807, 2.05) is 6.92 Å². The number of nitrogens with two attached hydrogens (primary N) is 1. The molecule has 0 aromatic heterocycles. The SMILES string of the molecule is B/N=C(N)\C=C(\C)N=C. The smallest absolute Gasteiger partial charge is 0.247 e. The Balaban J connectivity index is 4.11. The molecule has 0 saturated heterocycles. The average molecular weight is 123 g/mol. The molecule has 0 spiro atoms. The first-order chi connectivity index (χ1) is 4.20. The van der Waals surface area contributed by atoms with Crippen LogP contribution in [0.4, 0.5) is 0 Å². The fraction of sp³-hybridized carbons (Fsp3) is 0.200. The summed E-state index contributed by atoms with van der Waals surface area (Å²) < 4.78 is 0. The van der Waals surface area contributed by atoms with Crippen molar-refractivity contribution in [3.63, 3.8) is 0 Å². The molecule has 0 saturated carbocycles. The average Bonchev–Trinajstić information content (AvgIpc) is 1.87. The minimum Gasteiger partial charge on any atom is -0.385 e. The number of hydrogen-bond donors (Lipinski definition) is 1. The van der Waals surface area contributed by atoms with E-state index in [9.17, 15) is 0 Å². The molecular formula is C5H10BN3. The second-order valence-corrected chi connectivity index (χ2v) is 1.59. The maximum absolute atomic E-state index is 5.34. The predicted octanol–water partition coefficient (Wildman–Crippen LogP) is -0.504. The number of rotatable bonds is 2. The summed E-state index contributed by atoms with van der Waals surface area (Å²) >= 11 is 0. The van der Waals surface area contributed by atoms with Gasteiger partial charge in [-0.15, -0.1) is 0 Å². The Bertz CT molecular complexity index is 160. The van der Waals surface area contributed by atoms with Crippen LogP contribution in [0.15, 0.2) is 21.7 Å². The van der Waals surface area contributed by atoms with Gasteiger partial charge in [-0.3, -0.25) is 4.99 Å². The van der Waals surface area contributed by atoms with Gasteiger partial charge in [0.1, 0.15) is 5.84 Å². The van der Waals surface area contributed by atoms with Crippen LogP contribution in [0.3, 0.4) is 0 Å². The Morgan fingerprint density at radius 2 is 2.33 bits per heavy atom. The molecule has 0 aromatic rings. The highest BCUT2D eigenvalue weighted by molar-refractivity contribution is 6.14. The molecule has 0 unspecified atom stereocenters. The van der Waals surface area contributed by atoms with E-state index in [4.69, 9.17) is 5.73 Å². The lowest BCUT2D eigenvalue weighted by Gasteiger charge is -1.89. The first kappa shape index (κ1) is 7.94. The fourth-order valence-electron chi connectivity index (χ4n) is 0.324. The summed E-state index contributed by atoms with van der Waals surface area (Å²) in [4.78, 5) is 7.33. The summed E-state index contributed by atoms with van der Waals surface area (Å²) in [6.45, 7) is 5.13. The third-order valence-electron chi connectivity index (χ3n) is 0.864. The first-order valence-electron chi connectivity index (χ1n) is 2.58. The van der Waals surface area contributed by atoms with Crippen molar-refractivity contribution in [3.05, 3.63) is 11.8 Å². The molecule has 9 heavy (non-hydrogen) atoms. The van der Waals surface area contributed by atoms with Crippen molar-refractivity contribution in [2.24, 2.45) is 15.6 Å². The van der Waals surface area contributed by atoms with E-state index in [1.165, 1.54) is 0 Å². The van der Waals surface area contributed by atoms with Crippen LogP contribution in [0.1, 0.15) is 6.92 Å². The monoisotopic (exact) mass is 123 g/mol. The van der Waals surface area contributed by atoms with E-state index >= 15 is 0 Å². The molecule has 0 rings (SSSR count). The summed E-state index contributed by atoms with van der Waals surface area (Å²) in [6, 6.07) is 0. The molecule has 0 radical (unpaired) electrons. The number of amidine groups is 1. The maximum Gasteiger partial charge on any atom is 0.247 e. The highest BCUT2D eigenvalue weighted by Gasteiger charge is 1.82. The normalized spacial score (nSPS) is 13.4. The summed E-state index contributed by atoms with van der Waals surface area (Å²) in [7, 11) is 1.63. The standard InChI is InChI=1S/C5H10BN3/c1-4(8-2)3-5(7)9-6/h3H,2,6H2,1H3,(H2,7,9)/b4-3-. The van der Waals surface area contributed by atoms with E-state index in [1.54, 1.807) is 14.1 Å². The Kier molecular flexibility index (Phi) is 3.43. The Morgan fingerprint density at radius 3 is 2.67 bits per heavy atom. The molecule has 0 aliphatic carbocycles. The van der Waals surface area contributed by atoms with Gasteiger partial charge in [-0.05, 0) is 19.7 Å². The maximum atomic E-state index is 5.34. The first-order valence-corrected chi connectivity index (χ1v) is 2.58. The van der Waals surface area contributed by atoms with Crippen LogP contribution < -0.4 is 5.73 Å². The van der Waals surface area contributed by atoms with Crippen LogP contribution >= 0.6 is 0 Å². The van der Waals surface area contributed by atoms with Crippen molar-refractivity contribution in [1.82, 2.24) is 0 Å². The molecule has 0 bridgehead atoms. The minimum absolute atomic E-state index is 0.472. The van der Waals surface area contributed by atoms with E-state index < -0.39 is 0 Å². The van der Waals surface area contributed by atoms with E-state index in [2.05, 4.69) is 16.6 Å². The Morgan fingerprint density at radius 1 is 1.78 bits per heavy atom. The number of hydrogen-bond acceptors (Lipinski definition) is 2. The molecule has 0 atom stereocenters. The lowest BCUT2D eigenvalue weighted by atomic mass is 10.4. The summed E-state index contributed by atoms with van der Waals surface area (Å²) in [5.41, 5.74) is 6.11. The molecular weight excluding hydrogens is 113 g/mol. The van der Waals surface area contributed by atoms with Crippen LogP contribution in [0.2, 0.25) is 0 Å². The van der Waals surface area contributed by atoms with Crippen LogP contribution in [0.5, 0.6) is 0 Å². The lowest BCUT2D eigenvalue weighted by molar-refractivity contribution is 1.33. The summed E-state index contributed by atoms with van der Waals surface area (Å²) in [5, 5.41) is 0. The van der Waals surface area contributed by atoms with Gasteiger partial charge in [-0.25, -0.2) is 0 Å². The largest absolute Gasteiger partial charge is 0.385 e. The molecule has 0 aromatic carbocycles. The minimum atomic E-state index is 0.472. The molecule has 0 aliphatic rings. The fourth-order valence-corrected chi connectivity index (χ4v) is 0.324. The van der Waals surface area contributed by atoms with Crippen LogP contribution in [0, 0.1) is 0 Å². The van der Waals surface area contributed by atoms with E-state index in [0.717, 1.165) is 5.70 Å². The molecule has 48 valence electrons. The van der Waals surface area contributed by atoms with Gasteiger partial charge < -0.3 is 10.6 Å². The zero-order chi connectivity index (χ0) is 7.28. The van der Waals surface area contributed by atoms with Gasteiger partial charge in [0.2, 0.25) is 7.98 Å². The van der Waals surface area contributed by atoms with Crippen LogP contribution in [-0.4, -0.2) is 20.5 Å². The van der Waals surface area contributed by atoms with Crippen molar-refractivity contribution >= 4 is 20.5 Å². The van der Waals surface area contributed by atoms with Crippen molar-refractivity contribution in [2.45, 2.75) is 6.92 Å². The van der Waals surface area contributed by atoms with Gasteiger partial charge in [0.15, 0.2) is 0 Å². The topological polar surface area (TPSA) is 50.7 Å². The predicted molar refractivity (Wildman–Crippen MR) is 43.5 cm³/mol. The molecule has 2 N–H and O–H groups in total. The zero-order valence-electron chi connectivity index (χ0n) is 5.76. The van der Waals surface area contributed by atoms with E-state index in [-0.39, 0.29) is 0 Å². The second kappa shape index (κ2) is 3.89. The van der Waals surface area contributed by atoms with Crippen LogP contribution in [-0.2, 0) is 0 Å². The van der Waals surface area contributed by atoms with Crippen molar-refractivity contribution in [3.8, 4) is 0 Å². The molecule has 3 nitrogen and oxygen atoms in total. The Labute approximate surface area is 55.8 Å². The second-order valence-electron chi connectivity index (χ2n) is 1.59. The third-order valence-corrected chi connectivity index (χ3v) is 0.864. The Hall–Kier alpha value is -1.06. The quantitative estimate of drug-likeness (QED) is 0.300. The summed E-state index contributed by atoms with van der Waals surface area (Å²) in [5.74, 6) is 0.472. The highest BCUT2D eigenvalue weighted by atomic mass is 14.8.